The number of hydrogen-bond donors (Lipinski definition) is 0. The predicted octanol–water partition coefficient (Wildman–Crippen LogP) is 0.522. The molecule has 0 bridgehead atoms. The molecular formula is C4H4NO2S2-. The van der Waals surface area contributed by atoms with Crippen molar-refractivity contribution in [2.75, 3.05) is 0 Å². The lowest BCUT2D eigenvalue weighted by Crippen LogP contribution is -1.89. The molecule has 0 saturated heterocycles. The highest BCUT2D eigenvalue weighted by atomic mass is 32.2. The van der Waals surface area contributed by atoms with E-state index in [0.29, 0.717) is 0 Å². The molecule has 0 aliphatic rings. The van der Waals surface area contributed by atoms with Crippen LogP contribution in [0.2, 0.25) is 0 Å². The number of rotatable bonds is 2. The van der Waals surface area contributed by atoms with Gasteiger partial charge in [0.05, 0.1) is 5.51 Å². The largest absolute Gasteiger partial charge is 0.772 e. The fourth-order valence-electron chi connectivity index (χ4n) is 0.430. The van der Waals surface area contributed by atoms with Gasteiger partial charge in [-0.2, -0.15) is 0 Å². The summed E-state index contributed by atoms with van der Waals surface area (Å²) < 4.78 is 20.1. The van der Waals surface area contributed by atoms with Crippen molar-refractivity contribution in [1.82, 2.24) is 4.98 Å². The van der Waals surface area contributed by atoms with Crippen LogP contribution < -0.4 is 0 Å². The molecule has 3 nitrogen and oxygen atoms in total. The van der Waals surface area contributed by atoms with Gasteiger partial charge in [0.2, 0.25) is 0 Å². The van der Waals surface area contributed by atoms with Gasteiger partial charge in [0.1, 0.15) is 0 Å². The third-order valence-electron chi connectivity index (χ3n) is 0.744. The highest BCUT2D eigenvalue weighted by molar-refractivity contribution is 7.78. The first-order valence-corrected chi connectivity index (χ1v) is 4.34. The first-order valence-electron chi connectivity index (χ1n) is 2.22. The van der Waals surface area contributed by atoms with Crippen molar-refractivity contribution in [2.45, 2.75) is 5.75 Å². The maximum Gasteiger partial charge on any atom is 0.0794 e. The second kappa shape index (κ2) is 3.05. The summed E-state index contributed by atoms with van der Waals surface area (Å²) in [7, 11) is 0. The van der Waals surface area contributed by atoms with E-state index in [4.69, 9.17) is 0 Å². The lowest BCUT2D eigenvalue weighted by atomic mass is 10.6. The Morgan fingerprint density at radius 1 is 1.89 bits per heavy atom. The number of hydrogen-bond acceptors (Lipinski definition) is 4. The summed E-state index contributed by atoms with van der Waals surface area (Å²) in [6.07, 6.45) is 1.56. The van der Waals surface area contributed by atoms with Gasteiger partial charge >= 0.3 is 0 Å². The monoisotopic (exact) mass is 162 g/mol. The molecule has 0 radical (unpaired) electrons. The maximum absolute atomic E-state index is 10.0. The highest BCUT2D eigenvalue weighted by Crippen LogP contribution is 2.06. The first kappa shape index (κ1) is 6.85. The minimum Gasteiger partial charge on any atom is -0.772 e. The van der Waals surface area contributed by atoms with Gasteiger partial charge in [0, 0.05) is 16.8 Å². The van der Waals surface area contributed by atoms with Crippen molar-refractivity contribution in [3.63, 3.8) is 0 Å². The van der Waals surface area contributed by atoms with Gasteiger partial charge in [0.25, 0.3) is 0 Å². The summed E-state index contributed by atoms with van der Waals surface area (Å²) in [5, 5.41) is 0. The molecule has 0 amide bonds. The SMILES string of the molecule is O=S([O-])Cc1cncs1. The second-order valence-corrected chi connectivity index (χ2v) is 3.28. The molecular weight excluding hydrogens is 158 g/mol. The zero-order valence-corrected chi connectivity index (χ0v) is 6.08. The van der Waals surface area contributed by atoms with Crippen LogP contribution in [0.4, 0.5) is 0 Å². The van der Waals surface area contributed by atoms with Crippen LogP contribution in [0.5, 0.6) is 0 Å². The van der Waals surface area contributed by atoms with Gasteiger partial charge in [-0.05, 0) is 11.1 Å². The van der Waals surface area contributed by atoms with Crippen LogP contribution in [0.3, 0.4) is 0 Å². The summed E-state index contributed by atoms with van der Waals surface area (Å²) in [5.74, 6) is 0.0880. The van der Waals surface area contributed by atoms with E-state index in [-0.39, 0.29) is 5.75 Å². The summed E-state index contributed by atoms with van der Waals surface area (Å²) in [4.78, 5) is 4.50. The smallest absolute Gasteiger partial charge is 0.0794 e. The van der Waals surface area contributed by atoms with E-state index in [9.17, 15) is 8.76 Å². The second-order valence-electron chi connectivity index (χ2n) is 1.42. The van der Waals surface area contributed by atoms with E-state index in [1.54, 1.807) is 11.7 Å². The van der Waals surface area contributed by atoms with Gasteiger partial charge in [-0.15, -0.1) is 11.3 Å². The minimum absolute atomic E-state index is 0.0880. The topological polar surface area (TPSA) is 53.0 Å². The van der Waals surface area contributed by atoms with E-state index in [1.165, 1.54) is 11.3 Å². The standard InChI is InChI=1S/C4H5NO2S2/c6-9(7)2-4-1-5-3-8-4/h1,3H,2H2,(H,6,7)/p-1. The van der Waals surface area contributed by atoms with E-state index < -0.39 is 11.1 Å². The number of aromatic nitrogens is 1. The number of thiazole rings is 1. The molecule has 1 atom stereocenters. The van der Waals surface area contributed by atoms with Crippen molar-refractivity contribution in [3.8, 4) is 0 Å². The van der Waals surface area contributed by atoms with Crippen molar-refractivity contribution >= 4 is 22.4 Å². The predicted molar refractivity (Wildman–Crippen MR) is 34.7 cm³/mol. The fourth-order valence-corrected chi connectivity index (χ4v) is 1.68. The Kier molecular flexibility index (Phi) is 2.32. The van der Waals surface area contributed by atoms with Crippen molar-refractivity contribution in [1.29, 1.82) is 0 Å². The third-order valence-corrected chi connectivity index (χ3v) is 2.25. The van der Waals surface area contributed by atoms with Crippen molar-refractivity contribution < 1.29 is 8.76 Å². The van der Waals surface area contributed by atoms with Gasteiger partial charge in [0.15, 0.2) is 0 Å². The summed E-state index contributed by atoms with van der Waals surface area (Å²) in [6, 6.07) is 0. The Labute approximate surface area is 59.0 Å². The van der Waals surface area contributed by atoms with E-state index >= 15 is 0 Å². The highest BCUT2D eigenvalue weighted by Gasteiger charge is 1.91. The van der Waals surface area contributed by atoms with Crippen LogP contribution in [-0.2, 0) is 16.8 Å². The molecule has 0 aliphatic carbocycles. The zero-order chi connectivity index (χ0) is 6.69. The first-order chi connectivity index (χ1) is 4.29. The van der Waals surface area contributed by atoms with Gasteiger partial charge in [-0.25, -0.2) is 0 Å². The Balaban J connectivity index is 2.58. The van der Waals surface area contributed by atoms with Crippen LogP contribution in [-0.4, -0.2) is 13.7 Å². The maximum atomic E-state index is 10.0. The lowest BCUT2D eigenvalue weighted by molar-refractivity contribution is 0.536. The molecule has 1 unspecified atom stereocenters. The van der Waals surface area contributed by atoms with Gasteiger partial charge in [-0.3, -0.25) is 9.19 Å². The molecule has 1 heterocycles. The van der Waals surface area contributed by atoms with Crippen LogP contribution in [0.1, 0.15) is 4.88 Å². The summed E-state index contributed by atoms with van der Waals surface area (Å²) in [6.45, 7) is 0. The van der Waals surface area contributed by atoms with E-state index in [1.807, 2.05) is 0 Å². The Hall–Kier alpha value is -0.260. The van der Waals surface area contributed by atoms with Crippen LogP contribution >= 0.6 is 11.3 Å². The molecule has 1 rings (SSSR count). The normalized spacial score (nSPS) is 13.4. The van der Waals surface area contributed by atoms with Crippen molar-refractivity contribution in [2.24, 2.45) is 0 Å². The zero-order valence-electron chi connectivity index (χ0n) is 4.44. The summed E-state index contributed by atoms with van der Waals surface area (Å²) in [5.41, 5.74) is 1.61. The quantitative estimate of drug-likeness (QED) is 0.596. The van der Waals surface area contributed by atoms with Crippen LogP contribution in [0, 0.1) is 0 Å². The molecule has 1 aromatic heterocycles. The summed E-state index contributed by atoms with van der Waals surface area (Å²) >= 11 is -0.627. The molecule has 5 heteroatoms. The van der Waals surface area contributed by atoms with Crippen molar-refractivity contribution in [3.05, 3.63) is 16.6 Å². The lowest BCUT2D eigenvalue weighted by Gasteiger charge is -1.98. The Morgan fingerprint density at radius 2 is 2.67 bits per heavy atom. The van der Waals surface area contributed by atoms with Crippen LogP contribution in [0.25, 0.3) is 0 Å². The Morgan fingerprint density at radius 3 is 3.11 bits per heavy atom. The molecule has 9 heavy (non-hydrogen) atoms. The van der Waals surface area contributed by atoms with Gasteiger partial charge in [-0.1, -0.05) is 0 Å². The minimum atomic E-state index is -1.97. The molecule has 0 saturated carbocycles. The average Bonchev–Trinajstić information content (AvgIpc) is 2.15. The third kappa shape index (κ3) is 2.21. The van der Waals surface area contributed by atoms with E-state index in [0.717, 1.165) is 4.88 Å². The fraction of sp³-hybridized carbons (Fsp3) is 0.250. The van der Waals surface area contributed by atoms with Gasteiger partial charge < -0.3 is 4.55 Å². The molecule has 0 spiro atoms. The molecule has 1 aromatic rings. The number of nitrogens with zero attached hydrogens (tertiary/aromatic N) is 1. The molecule has 0 fully saturated rings. The van der Waals surface area contributed by atoms with E-state index in [2.05, 4.69) is 4.98 Å². The molecule has 0 N–H and O–H groups in total. The van der Waals surface area contributed by atoms with Crippen LogP contribution in [0.15, 0.2) is 11.7 Å². The molecule has 0 aromatic carbocycles. The Bertz CT molecular complexity index is 196. The molecule has 50 valence electrons. The molecule has 0 aliphatic heterocycles. The average molecular weight is 162 g/mol.